The van der Waals surface area contributed by atoms with Gasteiger partial charge in [-0.25, -0.2) is 0 Å². The fraction of sp³-hybridized carbons (Fsp3) is 0.262. The van der Waals surface area contributed by atoms with Crippen molar-refractivity contribution in [1.82, 2.24) is 0 Å². The molecular formula is C84H84B2. The normalized spacial score (nSPS) is 13.5. The van der Waals surface area contributed by atoms with E-state index in [1.807, 2.05) is 0 Å². The molecule has 0 radical (unpaired) electrons. The fourth-order valence-corrected chi connectivity index (χ4v) is 18.0. The van der Waals surface area contributed by atoms with Crippen LogP contribution in [-0.2, 0) is 10.8 Å². The molecule has 2 aliphatic rings. The van der Waals surface area contributed by atoms with Crippen molar-refractivity contribution in [3.8, 4) is 44.5 Å². The van der Waals surface area contributed by atoms with Crippen LogP contribution in [0.15, 0.2) is 170 Å². The molecule has 0 unspecified atom stereocenters. The van der Waals surface area contributed by atoms with Crippen molar-refractivity contribution in [2.75, 3.05) is 0 Å². The van der Waals surface area contributed by atoms with Crippen LogP contribution in [-0.4, -0.2) is 13.4 Å². The first-order valence-electron chi connectivity index (χ1n) is 32.2. The second-order valence-electron chi connectivity index (χ2n) is 26.7. The van der Waals surface area contributed by atoms with Gasteiger partial charge in [0.2, 0.25) is 13.4 Å². The van der Waals surface area contributed by atoms with Crippen LogP contribution >= 0.6 is 0 Å². The Morgan fingerprint density at radius 1 is 0.267 bits per heavy atom. The van der Waals surface area contributed by atoms with Gasteiger partial charge in [-0.2, -0.15) is 0 Å². The highest BCUT2D eigenvalue weighted by Gasteiger charge is 2.47. The third-order valence-electron chi connectivity index (χ3n) is 21.5. The van der Waals surface area contributed by atoms with Gasteiger partial charge in [-0.3, -0.25) is 0 Å². The van der Waals surface area contributed by atoms with Gasteiger partial charge in [-0.15, -0.1) is 0 Å². The maximum atomic E-state index is 2.69. The molecule has 0 fully saturated rings. The van der Waals surface area contributed by atoms with E-state index in [-0.39, 0.29) is 24.3 Å². The third kappa shape index (κ3) is 8.69. The Morgan fingerprint density at radius 2 is 0.558 bits per heavy atom. The van der Waals surface area contributed by atoms with Crippen molar-refractivity contribution in [2.45, 2.75) is 147 Å². The standard InChI is InChI=1S/C84H84B2/c1-17-83(18-2)73-28-24-23-25-65(73)69-46-75-70(47-74(69)83)68-45-71-72(48-76(68)84(75,19-3)20-4)78(62-31-35-64(36-32-62)86(81-57(13)41-51(7)42-58(81)14)82-59(15)43-52(8)44-60(82)16)67-27-22-21-26-66(67)77(71)61-29-33-63(34-30-61)85(79-53(9)37-49(5)38-54(79)10)80-55(11)39-50(6)40-56(80)12/h21-48H,17-20H2,1-16H3. The number of fused-ring (bicyclic) bond motifs is 8. The zero-order valence-corrected chi connectivity index (χ0v) is 54.1. The molecule has 13 rings (SSSR count). The zero-order chi connectivity index (χ0) is 60.4. The largest absolute Gasteiger partial charge is 0.242 e. The van der Waals surface area contributed by atoms with Gasteiger partial charge in [-0.05, 0) is 221 Å². The lowest BCUT2D eigenvalue weighted by Gasteiger charge is -2.32. The second-order valence-corrected chi connectivity index (χ2v) is 26.7. The van der Waals surface area contributed by atoms with E-state index in [1.165, 1.54) is 188 Å². The molecule has 2 aliphatic carbocycles. The van der Waals surface area contributed by atoms with Crippen LogP contribution in [0.1, 0.15) is 142 Å². The minimum absolute atomic E-state index is 0.0278. The van der Waals surface area contributed by atoms with Crippen LogP contribution in [0.4, 0.5) is 0 Å². The fourth-order valence-electron chi connectivity index (χ4n) is 18.0. The minimum atomic E-state index is -0.157. The van der Waals surface area contributed by atoms with E-state index in [2.05, 4.69) is 281 Å². The van der Waals surface area contributed by atoms with Gasteiger partial charge in [0.15, 0.2) is 0 Å². The Hall–Kier alpha value is -7.93. The van der Waals surface area contributed by atoms with Crippen molar-refractivity contribution in [3.05, 3.63) is 259 Å². The van der Waals surface area contributed by atoms with Gasteiger partial charge in [-0.1, -0.05) is 273 Å². The Labute approximate surface area is 515 Å². The Balaban J connectivity index is 1.08. The molecule has 2 heteroatoms. The number of hydrogen-bond acceptors (Lipinski definition) is 0. The van der Waals surface area contributed by atoms with Crippen molar-refractivity contribution in [3.63, 3.8) is 0 Å². The summed E-state index contributed by atoms with van der Waals surface area (Å²) in [4.78, 5) is 0. The molecule has 0 atom stereocenters. The highest BCUT2D eigenvalue weighted by molar-refractivity contribution is 6.97. The number of aryl methyl sites for hydroxylation is 12. The van der Waals surface area contributed by atoms with Crippen LogP contribution in [0.25, 0.3) is 66.1 Å². The molecule has 0 nitrogen and oxygen atoms in total. The summed E-state index contributed by atoms with van der Waals surface area (Å²) >= 11 is 0. The average molecular weight is 1120 g/mol. The second kappa shape index (κ2) is 21.5. The molecule has 11 aromatic carbocycles. The molecule has 0 N–H and O–H groups in total. The van der Waals surface area contributed by atoms with Crippen LogP contribution in [0, 0.1) is 83.1 Å². The van der Waals surface area contributed by atoms with E-state index in [0.29, 0.717) is 0 Å². The van der Waals surface area contributed by atoms with E-state index >= 15 is 0 Å². The lowest BCUT2D eigenvalue weighted by Crippen LogP contribution is -2.55. The van der Waals surface area contributed by atoms with Crippen molar-refractivity contribution < 1.29 is 0 Å². The highest BCUT2D eigenvalue weighted by atomic mass is 14.5. The Kier molecular flexibility index (Phi) is 14.3. The van der Waals surface area contributed by atoms with Crippen molar-refractivity contribution in [1.29, 1.82) is 0 Å². The molecule has 0 spiro atoms. The predicted molar refractivity (Wildman–Crippen MR) is 378 cm³/mol. The Bertz CT molecular complexity index is 4370. The van der Waals surface area contributed by atoms with Gasteiger partial charge < -0.3 is 0 Å². The zero-order valence-electron chi connectivity index (χ0n) is 54.1. The molecule has 11 aromatic rings. The number of hydrogen-bond donors (Lipinski definition) is 0. The molecule has 0 amide bonds. The van der Waals surface area contributed by atoms with Crippen molar-refractivity contribution in [2.24, 2.45) is 0 Å². The first-order valence-corrected chi connectivity index (χ1v) is 32.2. The summed E-state index contributed by atoms with van der Waals surface area (Å²) in [5, 5.41) is 5.20. The number of rotatable bonds is 12. The molecule has 0 aliphatic heterocycles. The van der Waals surface area contributed by atoms with Crippen LogP contribution in [0.3, 0.4) is 0 Å². The highest BCUT2D eigenvalue weighted by Crippen LogP contribution is 2.61. The summed E-state index contributed by atoms with van der Waals surface area (Å²) in [7, 11) is 0. The van der Waals surface area contributed by atoms with E-state index < -0.39 is 0 Å². The summed E-state index contributed by atoms with van der Waals surface area (Å²) in [6.07, 6.45) is 4.18. The smallest absolute Gasteiger partial charge is 0.0686 e. The summed E-state index contributed by atoms with van der Waals surface area (Å²) < 4.78 is 0. The molecule has 426 valence electrons. The van der Waals surface area contributed by atoms with E-state index in [0.717, 1.165) is 25.7 Å². The third-order valence-corrected chi connectivity index (χ3v) is 21.5. The average Bonchev–Trinajstić information content (AvgIpc) is 1.52. The summed E-state index contributed by atoms with van der Waals surface area (Å²) in [5.74, 6) is 0. The maximum Gasteiger partial charge on any atom is 0.242 e. The van der Waals surface area contributed by atoms with Crippen LogP contribution in [0.2, 0.25) is 0 Å². The molecule has 86 heavy (non-hydrogen) atoms. The lowest BCUT2D eigenvalue weighted by atomic mass is 9.34. The first-order chi connectivity index (χ1) is 41.4. The molecule has 0 bridgehead atoms. The van der Waals surface area contributed by atoms with Crippen LogP contribution < -0.4 is 32.8 Å². The molecule has 0 heterocycles. The van der Waals surface area contributed by atoms with E-state index in [4.69, 9.17) is 0 Å². The number of benzene rings is 11. The van der Waals surface area contributed by atoms with Crippen LogP contribution in [0.5, 0.6) is 0 Å². The minimum Gasteiger partial charge on any atom is -0.0686 e. The summed E-state index contributed by atoms with van der Waals surface area (Å²) in [6.45, 7) is 37.4. The van der Waals surface area contributed by atoms with E-state index in [9.17, 15) is 0 Å². The SMILES string of the molecule is CCC1(CC)c2ccccc2-c2cc3c(cc21)-c1cc2c(-c4ccc(B(c5c(C)cc(C)cc5C)c5c(C)cc(C)cc5C)cc4)c4ccccc4c(-c4ccc(B(c5c(C)cc(C)cc5C)c5c(C)cc(C)cc5C)cc4)c2cc1C3(CC)CC. The quantitative estimate of drug-likeness (QED) is 0.0845. The first kappa shape index (κ1) is 57.2. The lowest BCUT2D eigenvalue weighted by molar-refractivity contribution is 0.485. The summed E-state index contributed by atoms with van der Waals surface area (Å²) in [6, 6.07) is 68.2. The van der Waals surface area contributed by atoms with Crippen molar-refractivity contribution >= 4 is 67.7 Å². The monoisotopic (exact) mass is 1110 g/mol. The summed E-state index contributed by atoms with van der Waals surface area (Å²) in [5.41, 5.74) is 40.9. The van der Waals surface area contributed by atoms with Gasteiger partial charge in [0.1, 0.15) is 0 Å². The molecule has 0 aromatic heterocycles. The topological polar surface area (TPSA) is 0 Å². The van der Waals surface area contributed by atoms with Gasteiger partial charge in [0.05, 0.1) is 0 Å². The molecule has 0 saturated carbocycles. The predicted octanol–water partition coefficient (Wildman–Crippen LogP) is 18.2. The molecular weight excluding hydrogens is 1030 g/mol. The van der Waals surface area contributed by atoms with Gasteiger partial charge >= 0.3 is 0 Å². The van der Waals surface area contributed by atoms with Gasteiger partial charge in [0.25, 0.3) is 0 Å². The Morgan fingerprint density at radius 3 is 0.919 bits per heavy atom. The molecule has 0 saturated heterocycles. The maximum absolute atomic E-state index is 2.69. The van der Waals surface area contributed by atoms with E-state index in [1.54, 1.807) is 0 Å². The van der Waals surface area contributed by atoms with Gasteiger partial charge in [0, 0.05) is 10.8 Å².